The molecule has 1 unspecified atom stereocenters. The summed E-state index contributed by atoms with van der Waals surface area (Å²) in [4.78, 5) is 2.38. The summed E-state index contributed by atoms with van der Waals surface area (Å²) in [5, 5.41) is 8.68. The van der Waals surface area contributed by atoms with Crippen molar-refractivity contribution >= 4 is 0 Å². The van der Waals surface area contributed by atoms with Crippen molar-refractivity contribution < 1.29 is 5.11 Å². The minimum Gasteiger partial charge on any atom is -0.396 e. The predicted molar refractivity (Wildman–Crippen MR) is 37.3 cm³/mol. The van der Waals surface area contributed by atoms with Crippen LogP contribution in [0.5, 0.6) is 0 Å². The normalized spacial score (nSPS) is 23.3. The first kappa shape index (κ1) is 7.03. The minimum absolute atomic E-state index is 0.330. The van der Waals surface area contributed by atoms with Crippen LogP contribution in [0.2, 0.25) is 0 Å². The highest BCUT2D eigenvalue weighted by molar-refractivity contribution is 4.70. The second-order valence-corrected chi connectivity index (χ2v) is 2.94. The van der Waals surface area contributed by atoms with Crippen LogP contribution in [-0.4, -0.2) is 36.2 Å². The molecular formula is C7H15NO. The molecule has 9 heavy (non-hydrogen) atoms. The average molecular weight is 129 g/mol. The summed E-state index contributed by atoms with van der Waals surface area (Å²) in [6.07, 6.45) is 1.35. The third kappa shape index (κ3) is 1.95. The maximum Gasteiger partial charge on any atom is 0.0468 e. The molecule has 2 nitrogen and oxygen atoms in total. The molecule has 1 aliphatic heterocycles. The van der Waals surface area contributed by atoms with Crippen molar-refractivity contribution in [1.82, 2.24) is 4.90 Å². The molecule has 0 radical (unpaired) electrons. The van der Waals surface area contributed by atoms with Crippen molar-refractivity contribution in [3.63, 3.8) is 0 Å². The predicted octanol–water partition coefficient (Wildman–Crippen LogP) is 0.321. The van der Waals surface area contributed by atoms with Gasteiger partial charge >= 0.3 is 0 Å². The SMILES string of the molecule is CC(CO)CN1CCC1. The van der Waals surface area contributed by atoms with Gasteiger partial charge in [0, 0.05) is 13.2 Å². The second-order valence-electron chi connectivity index (χ2n) is 2.94. The van der Waals surface area contributed by atoms with Crippen molar-refractivity contribution in [2.75, 3.05) is 26.2 Å². The lowest BCUT2D eigenvalue weighted by Gasteiger charge is -2.32. The first-order chi connectivity index (χ1) is 4.33. The Morgan fingerprint density at radius 1 is 1.56 bits per heavy atom. The first-order valence-electron chi connectivity index (χ1n) is 3.66. The fourth-order valence-corrected chi connectivity index (χ4v) is 1.06. The highest BCUT2D eigenvalue weighted by Crippen LogP contribution is 2.08. The summed E-state index contributed by atoms with van der Waals surface area (Å²) < 4.78 is 0. The van der Waals surface area contributed by atoms with E-state index in [1.807, 2.05) is 0 Å². The van der Waals surface area contributed by atoms with Crippen LogP contribution >= 0.6 is 0 Å². The Bertz CT molecular complexity index is 78.2. The van der Waals surface area contributed by atoms with E-state index in [1.54, 1.807) is 0 Å². The lowest BCUT2D eigenvalue weighted by molar-refractivity contribution is 0.126. The number of aliphatic hydroxyl groups is 1. The summed E-state index contributed by atoms with van der Waals surface area (Å²) in [5.41, 5.74) is 0. The molecule has 1 rings (SSSR count). The Labute approximate surface area is 56.5 Å². The van der Waals surface area contributed by atoms with Gasteiger partial charge in [0.05, 0.1) is 0 Å². The summed E-state index contributed by atoms with van der Waals surface area (Å²) in [5.74, 6) is 0.463. The van der Waals surface area contributed by atoms with Crippen LogP contribution in [0.15, 0.2) is 0 Å². The van der Waals surface area contributed by atoms with Crippen molar-refractivity contribution in [3.8, 4) is 0 Å². The maximum atomic E-state index is 8.68. The smallest absolute Gasteiger partial charge is 0.0468 e. The van der Waals surface area contributed by atoms with Crippen LogP contribution in [0.25, 0.3) is 0 Å². The molecule has 0 aromatic carbocycles. The van der Waals surface area contributed by atoms with Crippen LogP contribution in [-0.2, 0) is 0 Å². The Hall–Kier alpha value is -0.0800. The zero-order chi connectivity index (χ0) is 6.69. The molecule has 0 aliphatic carbocycles. The van der Waals surface area contributed by atoms with Gasteiger partial charge in [-0.2, -0.15) is 0 Å². The van der Waals surface area contributed by atoms with Gasteiger partial charge in [-0.3, -0.25) is 0 Å². The fourth-order valence-electron chi connectivity index (χ4n) is 1.06. The van der Waals surface area contributed by atoms with E-state index in [9.17, 15) is 0 Å². The first-order valence-corrected chi connectivity index (χ1v) is 3.66. The molecular weight excluding hydrogens is 114 g/mol. The standard InChI is InChI=1S/C7H15NO/c1-7(6-9)5-8-3-2-4-8/h7,9H,2-6H2,1H3. The summed E-state index contributed by atoms with van der Waals surface area (Å²) in [7, 11) is 0. The van der Waals surface area contributed by atoms with Gasteiger partial charge in [0.15, 0.2) is 0 Å². The zero-order valence-electron chi connectivity index (χ0n) is 6.01. The van der Waals surface area contributed by atoms with E-state index in [0.29, 0.717) is 12.5 Å². The van der Waals surface area contributed by atoms with Gasteiger partial charge in [-0.1, -0.05) is 6.92 Å². The molecule has 2 heteroatoms. The Morgan fingerprint density at radius 2 is 2.22 bits per heavy atom. The lowest BCUT2D eigenvalue weighted by atomic mass is 10.1. The third-order valence-corrected chi connectivity index (χ3v) is 1.83. The molecule has 1 heterocycles. The van der Waals surface area contributed by atoms with Crippen molar-refractivity contribution in [2.45, 2.75) is 13.3 Å². The molecule has 0 aromatic heterocycles. The zero-order valence-corrected chi connectivity index (χ0v) is 6.01. The molecule has 0 aromatic rings. The molecule has 0 spiro atoms. The highest BCUT2D eigenvalue weighted by atomic mass is 16.3. The van der Waals surface area contributed by atoms with E-state index in [1.165, 1.54) is 19.5 Å². The molecule has 1 fully saturated rings. The van der Waals surface area contributed by atoms with Gasteiger partial charge in [-0.15, -0.1) is 0 Å². The Kier molecular flexibility index (Phi) is 2.49. The Morgan fingerprint density at radius 3 is 2.56 bits per heavy atom. The van der Waals surface area contributed by atoms with E-state index >= 15 is 0 Å². The average Bonchev–Trinajstić information content (AvgIpc) is 1.78. The van der Waals surface area contributed by atoms with Crippen LogP contribution in [0.4, 0.5) is 0 Å². The number of hydrogen-bond donors (Lipinski definition) is 1. The maximum absolute atomic E-state index is 8.68. The van der Waals surface area contributed by atoms with Crippen molar-refractivity contribution in [2.24, 2.45) is 5.92 Å². The van der Waals surface area contributed by atoms with E-state index in [-0.39, 0.29) is 0 Å². The van der Waals surface area contributed by atoms with E-state index < -0.39 is 0 Å². The van der Waals surface area contributed by atoms with Gasteiger partial charge < -0.3 is 10.0 Å². The van der Waals surface area contributed by atoms with Crippen LogP contribution in [0.3, 0.4) is 0 Å². The number of likely N-dealkylation sites (tertiary alicyclic amines) is 1. The second kappa shape index (κ2) is 3.18. The quantitative estimate of drug-likeness (QED) is 0.593. The number of nitrogens with zero attached hydrogens (tertiary/aromatic N) is 1. The van der Waals surface area contributed by atoms with Gasteiger partial charge in [0.1, 0.15) is 0 Å². The van der Waals surface area contributed by atoms with Gasteiger partial charge in [0.2, 0.25) is 0 Å². The van der Waals surface area contributed by atoms with Crippen LogP contribution < -0.4 is 0 Å². The molecule has 0 saturated carbocycles. The van der Waals surface area contributed by atoms with E-state index in [4.69, 9.17) is 5.11 Å². The number of aliphatic hydroxyl groups excluding tert-OH is 1. The van der Waals surface area contributed by atoms with E-state index in [0.717, 1.165) is 6.54 Å². The van der Waals surface area contributed by atoms with Crippen molar-refractivity contribution in [1.29, 1.82) is 0 Å². The lowest BCUT2D eigenvalue weighted by Crippen LogP contribution is -2.40. The third-order valence-electron chi connectivity index (χ3n) is 1.83. The van der Waals surface area contributed by atoms with E-state index in [2.05, 4.69) is 11.8 Å². The molecule has 0 bridgehead atoms. The van der Waals surface area contributed by atoms with Crippen LogP contribution in [0, 0.1) is 5.92 Å². The van der Waals surface area contributed by atoms with Crippen LogP contribution in [0.1, 0.15) is 13.3 Å². The highest BCUT2D eigenvalue weighted by Gasteiger charge is 2.15. The number of rotatable bonds is 3. The largest absolute Gasteiger partial charge is 0.396 e. The summed E-state index contributed by atoms with van der Waals surface area (Å²) in [6.45, 7) is 5.97. The fraction of sp³-hybridized carbons (Fsp3) is 1.00. The minimum atomic E-state index is 0.330. The molecule has 1 aliphatic rings. The van der Waals surface area contributed by atoms with Crippen molar-refractivity contribution in [3.05, 3.63) is 0 Å². The topological polar surface area (TPSA) is 23.5 Å². The summed E-state index contributed by atoms with van der Waals surface area (Å²) in [6, 6.07) is 0. The molecule has 1 atom stereocenters. The monoisotopic (exact) mass is 129 g/mol. The van der Waals surface area contributed by atoms with Gasteiger partial charge in [-0.05, 0) is 25.4 Å². The molecule has 1 N–H and O–H groups in total. The molecule has 0 amide bonds. The van der Waals surface area contributed by atoms with Gasteiger partial charge in [-0.25, -0.2) is 0 Å². The molecule has 54 valence electrons. The summed E-state index contributed by atoms with van der Waals surface area (Å²) >= 11 is 0. The number of hydrogen-bond acceptors (Lipinski definition) is 2. The van der Waals surface area contributed by atoms with Gasteiger partial charge in [0.25, 0.3) is 0 Å². The Balaban J connectivity index is 2.01. The molecule has 1 saturated heterocycles.